The first-order valence-electron chi connectivity index (χ1n) is 10.4. The number of carbonyl (C=O) groups excluding carboxylic acids is 2. The van der Waals surface area contributed by atoms with Gasteiger partial charge in [0.25, 0.3) is 5.56 Å². The van der Waals surface area contributed by atoms with Crippen molar-refractivity contribution < 1.29 is 14.3 Å². The van der Waals surface area contributed by atoms with Crippen LogP contribution in [0.15, 0.2) is 58.3 Å². The average Bonchev–Trinajstić information content (AvgIpc) is 3.25. The van der Waals surface area contributed by atoms with Crippen LogP contribution in [0.1, 0.15) is 22.8 Å². The lowest BCUT2D eigenvalue weighted by molar-refractivity contribution is 0.0522. The number of rotatable bonds is 6. The van der Waals surface area contributed by atoms with Gasteiger partial charge in [0.05, 0.1) is 28.9 Å². The van der Waals surface area contributed by atoms with Crippen molar-refractivity contribution in [2.75, 3.05) is 24.6 Å². The molecule has 2 heterocycles. The molecule has 0 saturated carbocycles. The molecule has 34 heavy (non-hydrogen) atoms. The molecule has 1 fully saturated rings. The zero-order valence-corrected chi connectivity index (χ0v) is 19.6. The van der Waals surface area contributed by atoms with Crippen molar-refractivity contribution >= 4 is 40.9 Å². The quantitative estimate of drug-likeness (QED) is 0.521. The Morgan fingerprint density at radius 1 is 1.06 bits per heavy atom. The third-order valence-electron chi connectivity index (χ3n) is 5.32. The van der Waals surface area contributed by atoms with Crippen LogP contribution in [0.2, 0.25) is 10.0 Å². The predicted molar refractivity (Wildman–Crippen MR) is 129 cm³/mol. The Morgan fingerprint density at radius 2 is 1.76 bits per heavy atom. The summed E-state index contributed by atoms with van der Waals surface area (Å²) in [6, 6.07) is 11.3. The standard InChI is InChI=1S/C23H20Cl2N4O5/c1-2-34-21(31)17-13-28(16-8-6-15(7-9-16)27-11-10-26-22(27)32)23(33)29(20(17)30)12-14-4-3-5-18(24)19(14)25/h3-9,13H,2,10-12H2,1H3,(H,26,32). The highest BCUT2D eigenvalue weighted by atomic mass is 35.5. The fourth-order valence-electron chi connectivity index (χ4n) is 3.63. The number of esters is 1. The van der Waals surface area contributed by atoms with Gasteiger partial charge in [0.1, 0.15) is 5.56 Å². The topological polar surface area (TPSA) is 103 Å². The minimum absolute atomic E-state index is 0.0596. The maximum absolute atomic E-state index is 13.3. The molecule has 11 heteroatoms. The van der Waals surface area contributed by atoms with E-state index in [0.717, 1.165) is 10.8 Å². The lowest BCUT2D eigenvalue weighted by atomic mass is 10.2. The minimum Gasteiger partial charge on any atom is -0.462 e. The van der Waals surface area contributed by atoms with Gasteiger partial charge in [-0.3, -0.25) is 18.8 Å². The Kier molecular flexibility index (Phi) is 6.76. The Hall–Kier alpha value is -3.56. The molecule has 2 amide bonds. The van der Waals surface area contributed by atoms with E-state index in [0.29, 0.717) is 30.0 Å². The number of aromatic nitrogens is 2. The first-order valence-corrected chi connectivity index (χ1v) is 11.2. The van der Waals surface area contributed by atoms with Crippen LogP contribution in [0, 0.1) is 0 Å². The van der Waals surface area contributed by atoms with Crippen LogP contribution in [0.25, 0.3) is 5.69 Å². The van der Waals surface area contributed by atoms with Gasteiger partial charge in [-0.2, -0.15) is 0 Å². The number of halogens is 2. The van der Waals surface area contributed by atoms with Crippen LogP contribution in [-0.2, 0) is 11.3 Å². The number of hydrogen-bond donors (Lipinski definition) is 1. The van der Waals surface area contributed by atoms with Crippen LogP contribution in [0.4, 0.5) is 10.5 Å². The summed E-state index contributed by atoms with van der Waals surface area (Å²) in [6.45, 7) is 2.54. The van der Waals surface area contributed by atoms with E-state index in [9.17, 15) is 19.2 Å². The number of urea groups is 1. The number of carbonyl (C=O) groups is 2. The summed E-state index contributed by atoms with van der Waals surface area (Å²) in [5, 5.41) is 3.20. The number of nitrogens with one attached hydrogen (secondary N) is 1. The second-order valence-electron chi connectivity index (χ2n) is 7.42. The molecule has 0 aliphatic carbocycles. The highest BCUT2D eigenvalue weighted by Gasteiger charge is 2.22. The van der Waals surface area contributed by atoms with Gasteiger partial charge in [0.15, 0.2) is 0 Å². The van der Waals surface area contributed by atoms with Crippen molar-refractivity contribution in [3.63, 3.8) is 0 Å². The van der Waals surface area contributed by atoms with Crippen LogP contribution >= 0.6 is 23.2 Å². The normalized spacial score (nSPS) is 13.1. The third kappa shape index (κ3) is 4.44. The van der Waals surface area contributed by atoms with E-state index in [1.54, 1.807) is 54.3 Å². The van der Waals surface area contributed by atoms with Gasteiger partial charge in [0.2, 0.25) is 0 Å². The monoisotopic (exact) mass is 502 g/mol. The van der Waals surface area contributed by atoms with Crippen LogP contribution in [0.5, 0.6) is 0 Å². The molecule has 1 N–H and O–H groups in total. The molecule has 0 spiro atoms. The van der Waals surface area contributed by atoms with E-state index in [1.807, 2.05) is 0 Å². The molecule has 1 aliphatic heterocycles. The lowest BCUT2D eigenvalue weighted by Crippen LogP contribution is -2.42. The molecule has 2 aromatic carbocycles. The molecule has 3 aromatic rings. The first-order chi connectivity index (χ1) is 16.3. The molecule has 1 aromatic heterocycles. The van der Waals surface area contributed by atoms with E-state index in [1.165, 1.54) is 4.57 Å². The number of amides is 2. The van der Waals surface area contributed by atoms with Crippen molar-refractivity contribution in [1.82, 2.24) is 14.5 Å². The Labute approximate surface area is 204 Å². The maximum atomic E-state index is 13.3. The van der Waals surface area contributed by atoms with E-state index in [2.05, 4.69) is 5.32 Å². The molecule has 0 unspecified atom stereocenters. The molecule has 0 radical (unpaired) electrons. The second kappa shape index (κ2) is 9.74. The number of hydrogen-bond acceptors (Lipinski definition) is 5. The fraction of sp³-hybridized carbons (Fsp3) is 0.217. The predicted octanol–water partition coefficient (Wildman–Crippen LogP) is 3.06. The van der Waals surface area contributed by atoms with E-state index in [4.69, 9.17) is 27.9 Å². The van der Waals surface area contributed by atoms with Gasteiger partial charge in [-0.25, -0.2) is 14.4 Å². The Morgan fingerprint density at radius 3 is 2.41 bits per heavy atom. The van der Waals surface area contributed by atoms with Crippen LogP contribution in [-0.4, -0.2) is 40.8 Å². The molecule has 0 atom stereocenters. The molecule has 176 valence electrons. The third-order valence-corrected chi connectivity index (χ3v) is 6.18. The SMILES string of the molecule is CCOC(=O)c1cn(-c2ccc(N3CCNC3=O)cc2)c(=O)n(Cc2cccc(Cl)c2Cl)c1=O. The smallest absolute Gasteiger partial charge is 0.345 e. The van der Waals surface area contributed by atoms with E-state index < -0.39 is 17.2 Å². The average molecular weight is 503 g/mol. The van der Waals surface area contributed by atoms with Crippen molar-refractivity contribution in [3.05, 3.63) is 90.7 Å². The Balaban J connectivity index is 1.83. The molecule has 4 rings (SSSR count). The Bertz CT molecular complexity index is 1380. The van der Waals surface area contributed by atoms with Gasteiger partial charge >= 0.3 is 17.7 Å². The summed E-state index contributed by atoms with van der Waals surface area (Å²) in [4.78, 5) is 52.4. The zero-order chi connectivity index (χ0) is 24.4. The molecule has 1 saturated heterocycles. The summed E-state index contributed by atoms with van der Waals surface area (Å²) >= 11 is 12.3. The van der Waals surface area contributed by atoms with Gasteiger partial charge in [0, 0.05) is 25.0 Å². The number of anilines is 1. The molecular formula is C23H20Cl2N4O5. The summed E-state index contributed by atoms with van der Waals surface area (Å²) < 4.78 is 7.11. The largest absolute Gasteiger partial charge is 0.462 e. The summed E-state index contributed by atoms with van der Waals surface area (Å²) in [6.07, 6.45) is 1.16. The van der Waals surface area contributed by atoms with E-state index in [-0.39, 0.29) is 34.8 Å². The lowest BCUT2D eigenvalue weighted by Gasteiger charge is -2.16. The number of ether oxygens (including phenoxy) is 1. The number of benzene rings is 2. The highest BCUT2D eigenvalue weighted by molar-refractivity contribution is 6.42. The van der Waals surface area contributed by atoms with Crippen molar-refractivity contribution in [3.8, 4) is 5.69 Å². The van der Waals surface area contributed by atoms with Crippen molar-refractivity contribution in [2.24, 2.45) is 0 Å². The summed E-state index contributed by atoms with van der Waals surface area (Å²) in [7, 11) is 0. The van der Waals surface area contributed by atoms with Crippen LogP contribution < -0.4 is 21.5 Å². The molecular weight excluding hydrogens is 483 g/mol. The molecule has 1 aliphatic rings. The van der Waals surface area contributed by atoms with Gasteiger partial charge in [-0.15, -0.1) is 0 Å². The van der Waals surface area contributed by atoms with E-state index >= 15 is 0 Å². The van der Waals surface area contributed by atoms with Crippen molar-refractivity contribution in [2.45, 2.75) is 13.5 Å². The maximum Gasteiger partial charge on any atom is 0.345 e. The second-order valence-corrected chi connectivity index (χ2v) is 8.21. The molecule has 9 nitrogen and oxygen atoms in total. The van der Waals surface area contributed by atoms with Gasteiger partial charge < -0.3 is 10.1 Å². The summed E-state index contributed by atoms with van der Waals surface area (Å²) in [5.74, 6) is -0.849. The highest BCUT2D eigenvalue weighted by Crippen LogP contribution is 2.26. The zero-order valence-electron chi connectivity index (χ0n) is 18.1. The minimum atomic E-state index is -0.849. The van der Waals surface area contributed by atoms with Crippen molar-refractivity contribution in [1.29, 1.82) is 0 Å². The van der Waals surface area contributed by atoms with Crippen LogP contribution in [0.3, 0.4) is 0 Å². The van der Waals surface area contributed by atoms with Gasteiger partial charge in [-0.05, 0) is 42.8 Å². The van der Waals surface area contributed by atoms with Gasteiger partial charge in [-0.1, -0.05) is 35.3 Å². The molecule has 0 bridgehead atoms. The fourth-order valence-corrected chi connectivity index (χ4v) is 4.01. The summed E-state index contributed by atoms with van der Waals surface area (Å²) in [5.41, 5.74) is -0.304. The number of nitrogens with zero attached hydrogens (tertiary/aromatic N) is 3. The first kappa shape index (κ1) is 23.6.